The largest absolute Gasteiger partial charge is 0.353 e. The molecule has 2 nitrogen and oxygen atoms in total. The zero-order valence-corrected chi connectivity index (χ0v) is 10.6. The van der Waals surface area contributed by atoms with E-state index in [-0.39, 0.29) is 5.91 Å². The molecule has 1 saturated carbocycles. The highest BCUT2D eigenvalue weighted by Crippen LogP contribution is 2.32. The first-order valence-electron chi connectivity index (χ1n) is 6.51. The normalized spacial score (nSPS) is 18.5. The molecule has 92 valence electrons. The van der Waals surface area contributed by atoms with Crippen molar-refractivity contribution >= 4 is 5.91 Å². The Morgan fingerprint density at radius 2 is 1.94 bits per heavy atom. The van der Waals surface area contributed by atoms with Gasteiger partial charge in [0, 0.05) is 12.5 Å². The zero-order valence-electron chi connectivity index (χ0n) is 10.6. The summed E-state index contributed by atoms with van der Waals surface area (Å²) >= 11 is 0. The van der Waals surface area contributed by atoms with Crippen LogP contribution in [0.4, 0.5) is 0 Å². The molecule has 2 unspecified atom stereocenters. The number of carbonyl (C=O) groups excluding carboxylic acids is 1. The van der Waals surface area contributed by atoms with Gasteiger partial charge in [0.1, 0.15) is 0 Å². The van der Waals surface area contributed by atoms with Crippen molar-refractivity contribution < 1.29 is 4.79 Å². The minimum atomic E-state index is 0.181. The van der Waals surface area contributed by atoms with Crippen molar-refractivity contribution in [2.45, 2.75) is 45.1 Å². The number of hydrogen-bond donors (Lipinski definition) is 1. The van der Waals surface area contributed by atoms with Crippen LogP contribution in [0.1, 0.15) is 44.6 Å². The Morgan fingerprint density at radius 1 is 1.29 bits per heavy atom. The maximum absolute atomic E-state index is 11.9. The Kier molecular flexibility index (Phi) is 3.82. The van der Waals surface area contributed by atoms with Gasteiger partial charge in [-0.05, 0) is 37.2 Å². The predicted molar refractivity (Wildman–Crippen MR) is 69.8 cm³/mol. The lowest BCUT2D eigenvalue weighted by Crippen LogP contribution is -2.34. The summed E-state index contributed by atoms with van der Waals surface area (Å²) in [6.07, 6.45) is 3.13. The molecule has 2 heteroatoms. The Bertz CT molecular complexity index is 370. The summed E-state index contributed by atoms with van der Waals surface area (Å²) in [5, 5.41) is 3.10. The van der Waals surface area contributed by atoms with Gasteiger partial charge in [-0.3, -0.25) is 4.79 Å². The van der Waals surface area contributed by atoms with Crippen LogP contribution in [0, 0.1) is 5.92 Å². The van der Waals surface area contributed by atoms with Crippen LogP contribution in [0.25, 0.3) is 0 Å². The van der Waals surface area contributed by atoms with Crippen molar-refractivity contribution in [2.75, 3.05) is 0 Å². The van der Waals surface area contributed by atoms with E-state index in [1.807, 2.05) is 18.2 Å². The van der Waals surface area contributed by atoms with E-state index in [0.717, 1.165) is 5.92 Å². The van der Waals surface area contributed by atoms with Gasteiger partial charge in [-0.2, -0.15) is 0 Å². The van der Waals surface area contributed by atoms with Crippen LogP contribution in [-0.4, -0.2) is 11.9 Å². The van der Waals surface area contributed by atoms with E-state index in [0.29, 0.717) is 18.4 Å². The van der Waals surface area contributed by atoms with Crippen LogP contribution in [0.5, 0.6) is 0 Å². The fraction of sp³-hybridized carbons (Fsp3) is 0.533. The molecule has 1 amide bonds. The van der Waals surface area contributed by atoms with Gasteiger partial charge in [0.25, 0.3) is 0 Å². The lowest BCUT2D eigenvalue weighted by molar-refractivity contribution is -0.122. The Labute approximate surface area is 103 Å². The van der Waals surface area contributed by atoms with Crippen molar-refractivity contribution in [2.24, 2.45) is 5.92 Å². The van der Waals surface area contributed by atoms with Gasteiger partial charge in [-0.15, -0.1) is 0 Å². The number of nitrogens with one attached hydrogen (secondary N) is 1. The van der Waals surface area contributed by atoms with Crippen LogP contribution in [0.2, 0.25) is 0 Å². The van der Waals surface area contributed by atoms with Crippen LogP contribution in [0.3, 0.4) is 0 Å². The minimum absolute atomic E-state index is 0.181. The first-order chi connectivity index (χ1) is 8.16. The fourth-order valence-electron chi connectivity index (χ4n) is 2.20. The highest BCUT2D eigenvalue weighted by atomic mass is 16.1. The van der Waals surface area contributed by atoms with E-state index in [2.05, 4.69) is 31.3 Å². The standard InChI is InChI=1S/C15H21NO/c1-11(13-6-4-3-5-7-13)10-15(17)16-12(2)14-8-9-14/h3-7,11-12,14H,8-10H2,1-2H3,(H,16,17). The molecule has 2 atom stereocenters. The molecule has 0 radical (unpaired) electrons. The highest BCUT2D eigenvalue weighted by molar-refractivity contribution is 5.77. The molecular formula is C15H21NO. The van der Waals surface area contributed by atoms with E-state index >= 15 is 0 Å². The van der Waals surface area contributed by atoms with Gasteiger partial charge in [-0.1, -0.05) is 37.3 Å². The Hall–Kier alpha value is -1.31. The molecule has 1 aliphatic rings. The van der Waals surface area contributed by atoms with Crippen molar-refractivity contribution in [3.05, 3.63) is 35.9 Å². The van der Waals surface area contributed by atoms with Crippen LogP contribution in [-0.2, 0) is 4.79 Å². The van der Waals surface area contributed by atoms with Gasteiger partial charge in [-0.25, -0.2) is 0 Å². The van der Waals surface area contributed by atoms with Crippen molar-refractivity contribution in [3.8, 4) is 0 Å². The van der Waals surface area contributed by atoms with Crippen molar-refractivity contribution in [3.63, 3.8) is 0 Å². The SMILES string of the molecule is CC(CC(=O)NC(C)C1CC1)c1ccccc1. The quantitative estimate of drug-likeness (QED) is 0.829. The second kappa shape index (κ2) is 5.35. The van der Waals surface area contributed by atoms with Crippen molar-refractivity contribution in [1.82, 2.24) is 5.32 Å². The molecule has 1 aliphatic carbocycles. The summed E-state index contributed by atoms with van der Waals surface area (Å²) in [5.41, 5.74) is 1.24. The van der Waals surface area contributed by atoms with Crippen LogP contribution >= 0.6 is 0 Å². The zero-order chi connectivity index (χ0) is 12.3. The maximum atomic E-state index is 11.9. The highest BCUT2D eigenvalue weighted by Gasteiger charge is 2.29. The van der Waals surface area contributed by atoms with Crippen LogP contribution in [0.15, 0.2) is 30.3 Å². The Balaban J connectivity index is 1.81. The van der Waals surface area contributed by atoms with Crippen molar-refractivity contribution in [1.29, 1.82) is 0 Å². The molecular weight excluding hydrogens is 210 g/mol. The van der Waals surface area contributed by atoms with Gasteiger partial charge < -0.3 is 5.32 Å². The summed E-state index contributed by atoms with van der Waals surface area (Å²) in [6, 6.07) is 10.6. The lowest BCUT2D eigenvalue weighted by atomic mass is 9.97. The number of carbonyl (C=O) groups is 1. The molecule has 1 fully saturated rings. The first kappa shape index (κ1) is 12.2. The molecule has 2 rings (SSSR count). The third kappa shape index (κ3) is 3.58. The molecule has 1 aromatic carbocycles. The van der Waals surface area contributed by atoms with E-state index in [4.69, 9.17) is 0 Å². The smallest absolute Gasteiger partial charge is 0.220 e. The average molecular weight is 231 g/mol. The topological polar surface area (TPSA) is 29.1 Å². The molecule has 0 spiro atoms. The molecule has 0 bridgehead atoms. The van der Waals surface area contributed by atoms with E-state index in [1.54, 1.807) is 0 Å². The van der Waals surface area contributed by atoms with E-state index in [9.17, 15) is 4.79 Å². The summed E-state index contributed by atoms with van der Waals surface area (Å²) in [5.74, 6) is 1.20. The second-order valence-corrected chi connectivity index (χ2v) is 5.21. The Morgan fingerprint density at radius 3 is 2.53 bits per heavy atom. The van der Waals surface area contributed by atoms with E-state index < -0.39 is 0 Å². The van der Waals surface area contributed by atoms with Crippen LogP contribution < -0.4 is 5.32 Å². The fourth-order valence-corrected chi connectivity index (χ4v) is 2.20. The number of hydrogen-bond acceptors (Lipinski definition) is 1. The molecule has 0 aliphatic heterocycles. The predicted octanol–water partition coefficient (Wildman–Crippen LogP) is 3.09. The minimum Gasteiger partial charge on any atom is -0.353 e. The lowest BCUT2D eigenvalue weighted by Gasteiger charge is -2.16. The van der Waals surface area contributed by atoms with E-state index in [1.165, 1.54) is 18.4 Å². The molecule has 17 heavy (non-hydrogen) atoms. The first-order valence-corrected chi connectivity index (χ1v) is 6.51. The molecule has 0 aromatic heterocycles. The van der Waals surface area contributed by atoms with Gasteiger partial charge in [0.2, 0.25) is 5.91 Å². The maximum Gasteiger partial charge on any atom is 0.220 e. The number of amides is 1. The molecule has 0 saturated heterocycles. The summed E-state index contributed by atoms with van der Waals surface area (Å²) < 4.78 is 0. The molecule has 1 aromatic rings. The number of benzene rings is 1. The third-order valence-electron chi connectivity index (χ3n) is 3.58. The average Bonchev–Trinajstić information content (AvgIpc) is 3.13. The summed E-state index contributed by atoms with van der Waals surface area (Å²) in [6.45, 7) is 4.22. The van der Waals surface area contributed by atoms with Gasteiger partial charge in [0.15, 0.2) is 0 Å². The molecule has 1 N–H and O–H groups in total. The third-order valence-corrected chi connectivity index (χ3v) is 3.58. The number of rotatable bonds is 5. The second-order valence-electron chi connectivity index (χ2n) is 5.21. The monoisotopic (exact) mass is 231 g/mol. The van der Waals surface area contributed by atoms with Gasteiger partial charge in [0.05, 0.1) is 0 Å². The summed E-state index contributed by atoms with van der Waals surface area (Å²) in [7, 11) is 0. The molecule has 0 heterocycles. The van der Waals surface area contributed by atoms with Gasteiger partial charge >= 0.3 is 0 Å². The summed E-state index contributed by atoms with van der Waals surface area (Å²) in [4.78, 5) is 11.9.